The molecule has 0 bridgehead atoms. The van der Waals surface area contributed by atoms with E-state index in [-0.39, 0.29) is 25.8 Å². The minimum Gasteiger partial charge on any atom is -0.497 e. The van der Waals surface area contributed by atoms with Gasteiger partial charge in [0, 0.05) is 18.6 Å². The second-order valence-electron chi connectivity index (χ2n) is 7.16. The van der Waals surface area contributed by atoms with E-state index in [0.29, 0.717) is 18.6 Å². The summed E-state index contributed by atoms with van der Waals surface area (Å²) in [4.78, 5) is 14.0. The fourth-order valence-electron chi connectivity index (χ4n) is 3.66. The molecule has 1 N–H and O–H groups in total. The van der Waals surface area contributed by atoms with Gasteiger partial charge in [-0.3, -0.25) is 4.90 Å². The number of sulfonamides is 1. The fourth-order valence-corrected chi connectivity index (χ4v) is 4.76. The van der Waals surface area contributed by atoms with Gasteiger partial charge in [-0.2, -0.15) is 4.31 Å². The second-order valence-corrected chi connectivity index (χ2v) is 9.09. The van der Waals surface area contributed by atoms with Gasteiger partial charge in [-0.25, -0.2) is 13.2 Å². The summed E-state index contributed by atoms with van der Waals surface area (Å²) >= 11 is 0. The molecule has 9 heteroatoms. The van der Waals surface area contributed by atoms with Crippen molar-refractivity contribution in [3.8, 4) is 5.75 Å². The number of aliphatic hydroxyl groups is 1. The van der Waals surface area contributed by atoms with Crippen LogP contribution in [0.2, 0.25) is 0 Å². The van der Waals surface area contributed by atoms with Crippen molar-refractivity contribution in [3.05, 3.63) is 42.5 Å². The topological polar surface area (TPSA) is 96.4 Å². The van der Waals surface area contributed by atoms with Crippen molar-refractivity contribution in [1.82, 2.24) is 9.21 Å². The van der Waals surface area contributed by atoms with Crippen molar-refractivity contribution < 1.29 is 27.8 Å². The summed E-state index contributed by atoms with van der Waals surface area (Å²) in [5.74, 6) is 0.677. The highest BCUT2D eigenvalue weighted by Crippen LogP contribution is 2.31. The van der Waals surface area contributed by atoms with E-state index in [1.165, 1.54) is 9.21 Å². The van der Waals surface area contributed by atoms with Crippen LogP contribution in [0, 0.1) is 0 Å². The van der Waals surface area contributed by atoms with Crippen molar-refractivity contribution in [2.24, 2.45) is 0 Å². The van der Waals surface area contributed by atoms with Gasteiger partial charge in [0.1, 0.15) is 5.75 Å². The largest absolute Gasteiger partial charge is 0.497 e. The number of benzene rings is 1. The van der Waals surface area contributed by atoms with Crippen LogP contribution in [0.25, 0.3) is 0 Å². The van der Waals surface area contributed by atoms with Crippen LogP contribution in [-0.4, -0.2) is 73.5 Å². The summed E-state index contributed by atoms with van der Waals surface area (Å²) in [6, 6.07) is 5.61. The van der Waals surface area contributed by atoms with Gasteiger partial charge >= 0.3 is 6.09 Å². The Balaban J connectivity index is 2.25. The van der Waals surface area contributed by atoms with E-state index < -0.39 is 28.2 Å². The standard InChI is InChI=1S/C20H30N2O6S/c1-5-6-11-28-20(24)22-15(2)12-18(19(22)14-23)21(29(4,25)26)13-16-7-9-17(27-3)10-8-16/h5,7-10,15,18-19,23H,1,6,11-14H2,2-4H3/t15-,18+,19+/m1/s1. The van der Waals surface area contributed by atoms with Crippen LogP contribution >= 0.6 is 0 Å². The summed E-state index contributed by atoms with van der Waals surface area (Å²) in [7, 11) is -2.04. The first-order chi connectivity index (χ1) is 13.7. The maximum atomic E-state index is 12.6. The number of rotatable bonds is 9. The molecule has 29 heavy (non-hydrogen) atoms. The fraction of sp³-hybridized carbons (Fsp3) is 0.550. The quantitative estimate of drug-likeness (QED) is 0.479. The molecule has 0 saturated carbocycles. The van der Waals surface area contributed by atoms with Crippen LogP contribution in [0.1, 0.15) is 25.3 Å². The molecule has 0 radical (unpaired) electrons. The lowest BCUT2D eigenvalue weighted by Gasteiger charge is -2.33. The minimum atomic E-state index is -3.60. The van der Waals surface area contributed by atoms with Crippen molar-refractivity contribution in [2.75, 3.05) is 26.6 Å². The zero-order valence-corrected chi connectivity index (χ0v) is 18.0. The normalized spacial score (nSPS) is 22.0. The Morgan fingerprint density at radius 1 is 1.38 bits per heavy atom. The summed E-state index contributed by atoms with van der Waals surface area (Å²) in [5, 5.41) is 9.99. The Labute approximate surface area is 172 Å². The number of carbonyl (C=O) groups excluding carboxylic acids is 1. The lowest BCUT2D eigenvalue weighted by atomic mass is 10.1. The molecule has 1 amide bonds. The molecular formula is C20H30N2O6S. The monoisotopic (exact) mass is 426 g/mol. The number of hydrogen-bond donors (Lipinski definition) is 1. The summed E-state index contributed by atoms with van der Waals surface area (Å²) in [6.45, 7) is 5.38. The van der Waals surface area contributed by atoms with Gasteiger partial charge in [0.15, 0.2) is 0 Å². The van der Waals surface area contributed by atoms with Gasteiger partial charge in [0.2, 0.25) is 10.0 Å². The van der Waals surface area contributed by atoms with Crippen LogP contribution in [0.5, 0.6) is 5.75 Å². The smallest absolute Gasteiger partial charge is 0.410 e. The zero-order valence-electron chi connectivity index (χ0n) is 17.2. The van der Waals surface area contributed by atoms with E-state index in [2.05, 4.69) is 6.58 Å². The predicted molar refractivity (Wildman–Crippen MR) is 110 cm³/mol. The Kier molecular flexibility index (Phi) is 8.06. The Bertz CT molecular complexity index is 796. The van der Waals surface area contributed by atoms with Crippen LogP contribution in [0.4, 0.5) is 4.79 Å². The van der Waals surface area contributed by atoms with Gasteiger partial charge in [0.05, 0.1) is 32.6 Å². The van der Waals surface area contributed by atoms with E-state index >= 15 is 0 Å². The van der Waals surface area contributed by atoms with Crippen LogP contribution < -0.4 is 4.74 Å². The molecule has 1 aromatic rings. The molecule has 0 aromatic heterocycles. The molecule has 0 aliphatic carbocycles. The predicted octanol–water partition coefficient (Wildman–Crippen LogP) is 1.99. The molecule has 1 fully saturated rings. The molecule has 1 aromatic carbocycles. The number of hydrogen-bond acceptors (Lipinski definition) is 6. The number of nitrogens with zero attached hydrogens (tertiary/aromatic N) is 2. The van der Waals surface area contributed by atoms with Crippen LogP contribution in [-0.2, 0) is 21.3 Å². The Hall–Kier alpha value is -2.10. The van der Waals surface area contributed by atoms with Gasteiger partial charge in [-0.15, -0.1) is 6.58 Å². The van der Waals surface area contributed by atoms with Gasteiger partial charge in [-0.1, -0.05) is 18.2 Å². The average molecular weight is 427 g/mol. The first-order valence-corrected chi connectivity index (χ1v) is 11.3. The average Bonchev–Trinajstić information content (AvgIpc) is 3.01. The first kappa shape index (κ1) is 23.2. The molecule has 162 valence electrons. The number of ether oxygens (including phenoxy) is 2. The lowest BCUT2D eigenvalue weighted by Crippen LogP contribution is -2.51. The molecule has 2 rings (SSSR count). The highest BCUT2D eigenvalue weighted by Gasteiger charge is 2.47. The summed E-state index contributed by atoms with van der Waals surface area (Å²) < 4.78 is 36.9. The van der Waals surface area contributed by atoms with E-state index in [1.54, 1.807) is 37.5 Å². The zero-order chi connectivity index (χ0) is 21.6. The van der Waals surface area contributed by atoms with Crippen LogP contribution in [0.15, 0.2) is 36.9 Å². The third-order valence-corrected chi connectivity index (χ3v) is 6.35. The van der Waals surface area contributed by atoms with Crippen LogP contribution in [0.3, 0.4) is 0 Å². The van der Waals surface area contributed by atoms with Crippen molar-refractivity contribution in [3.63, 3.8) is 0 Å². The third kappa shape index (κ3) is 5.71. The first-order valence-electron chi connectivity index (χ1n) is 9.49. The molecule has 1 heterocycles. The Morgan fingerprint density at radius 2 is 2.03 bits per heavy atom. The number of methoxy groups -OCH3 is 1. The van der Waals surface area contributed by atoms with E-state index in [4.69, 9.17) is 9.47 Å². The maximum Gasteiger partial charge on any atom is 0.410 e. The molecule has 3 atom stereocenters. The molecule has 0 spiro atoms. The van der Waals surface area contributed by atoms with Gasteiger partial charge in [-0.05, 0) is 37.5 Å². The minimum absolute atomic E-state index is 0.135. The lowest BCUT2D eigenvalue weighted by molar-refractivity contribution is 0.0646. The molecule has 8 nitrogen and oxygen atoms in total. The molecular weight excluding hydrogens is 396 g/mol. The molecule has 1 aliphatic rings. The highest BCUT2D eigenvalue weighted by molar-refractivity contribution is 7.88. The molecule has 0 unspecified atom stereocenters. The SMILES string of the molecule is C=CCCOC(=O)N1[C@H](C)C[C@H](N(Cc2ccc(OC)cc2)S(C)(=O)=O)[C@@H]1CO. The third-order valence-electron chi connectivity index (χ3n) is 5.10. The number of likely N-dealkylation sites (tertiary alicyclic amines) is 1. The van der Waals surface area contributed by atoms with Gasteiger partial charge in [0.25, 0.3) is 0 Å². The van der Waals surface area contributed by atoms with Gasteiger partial charge < -0.3 is 14.6 Å². The maximum absolute atomic E-state index is 12.6. The number of carbonyl (C=O) groups is 1. The van der Waals surface area contributed by atoms with Crippen molar-refractivity contribution in [1.29, 1.82) is 0 Å². The summed E-state index contributed by atoms with van der Waals surface area (Å²) in [6.07, 6.45) is 3.16. The molecule has 1 aliphatic heterocycles. The number of amides is 1. The van der Waals surface area contributed by atoms with Crippen molar-refractivity contribution in [2.45, 2.75) is 44.4 Å². The van der Waals surface area contributed by atoms with E-state index in [0.717, 1.165) is 11.8 Å². The van der Waals surface area contributed by atoms with E-state index in [1.807, 2.05) is 6.92 Å². The summed E-state index contributed by atoms with van der Waals surface area (Å²) in [5.41, 5.74) is 0.785. The molecule has 1 saturated heterocycles. The Morgan fingerprint density at radius 3 is 2.55 bits per heavy atom. The second kappa shape index (κ2) is 10.1. The number of aliphatic hydroxyl groups excluding tert-OH is 1. The van der Waals surface area contributed by atoms with E-state index in [9.17, 15) is 18.3 Å². The highest BCUT2D eigenvalue weighted by atomic mass is 32.2. The van der Waals surface area contributed by atoms with Crippen molar-refractivity contribution >= 4 is 16.1 Å².